The number of imidazole rings is 1. The van der Waals surface area contributed by atoms with Crippen LogP contribution in [0.4, 0.5) is 0 Å². The van der Waals surface area contributed by atoms with Crippen molar-refractivity contribution in [3.63, 3.8) is 0 Å². The molecule has 0 atom stereocenters. The van der Waals surface area contributed by atoms with Gasteiger partial charge in [0.25, 0.3) is 0 Å². The Morgan fingerprint density at radius 3 is 2.58 bits per heavy atom. The van der Waals surface area contributed by atoms with Crippen LogP contribution in [-0.2, 0) is 13.7 Å². The molecule has 3 rings (SSSR count). The molecule has 0 saturated carbocycles. The van der Waals surface area contributed by atoms with E-state index in [0.29, 0.717) is 11.6 Å². The van der Waals surface area contributed by atoms with E-state index in [1.807, 2.05) is 60.1 Å². The topological polar surface area (TPSA) is 27.1 Å². The Morgan fingerprint density at radius 2 is 1.84 bits per heavy atom. The first kappa shape index (κ1) is 12.1. The smallest absolute Gasteiger partial charge is 0.147 e. The van der Waals surface area contributed by atoms with E-state index in [-0.39, 0.29) is 0 Å². The molecule has 0 aliphatic carbocycles. The van der Waals surface area contributed by atoms with Crippen molar-refractivity contribution >= 4 is 22.6 Å². The highest BCUT2D eigenvalue weighted by Crippen LogP contribution is 2.18. The molecule has 0 bridgehead atoms. The van der Waals surface area contributed by atoms with E-state index >= 15 is 0 Å². The molecule has 0 saturated heterocycles. The van der Waals surface area contributed by atoms with E-state index in [1.54, 1.807) is 0 Å². The zero-order valence-corrected chi connectivity index (χ0v) is 11.3. The Labute approximate surface area is 116 Å². The molecule has 3 nitrogen and oxygen atoms in total. The summed E-state index contributed by atoms with van der Waals surface area (Å²) < 4.78 is 7.76. The van der Waals surface area contributed by atoms with Gasteiger partial charge in [-0.3, -0.25) is 0 Å². The minimum Gasteiger partial charge on any atom is -0.486 e. The van der Waals surface area contributed by atoms with Crippen molar-refractivity contribution < 1.29 is 4.74 Å². The minimum atomic E-state index is 0.437. The maximum absolute atomic E-state index is 5.84. The summed E-state index contributed by atoms with van der Waals surface area (Å²) in [4.78, 5) is 4.56. The van der Waals surface area contributed by atoms with Crippen molar-refractivity contribution in [2.24, 2.45) is 7.05 Å². The average molecular weight is 273 g/mol. The van der Waals surface area contributed by atoms with Gasteiger partial charge in [0.05, 0.1) is 11.0 Å². The molecule has 1 aromatic heterocycles. The van der Waals surface area contributed by atoms with Crippen LogP contribution in [0.2, 0.25) is 5.02 Å². The largest absolute Gasteiger partial charge is 0.486 e. The van der Waals surface area contributed by atoms with E-state index in [2.05, 4.69) is 4.98 Å². The Hall–Kier alpha value is -2.00. The molecule has 0 spiro atoms. The number of aromatic nitrogens is 2. The third-order valence-electron chi connectivity index (χ3n) is 3.06. The lowest BCUT2D eigenvalue weighted by Gasteiger charge is -2.06. The first-order valence-corrected chi connectivity index (χ1v) is 6.40. The fourth-order valence-electron chi connectivity index (χ4n) is 2.00. The van der Waals surface area contributed by atoms with Gasteiger partial charge in [-0.05, 0) is 36.4 Å². The summed E-state index contributed by atoms with van der Waals surface area (Å²) in [7, 11) is 2.00. The summed E-state index contributed by atoms with van der Waals surface area (Å²) in [6, 6.07) is 15.4. The Bertz CT molecular complexity index is 704. The molecular formula is C15H13ClN2O. The molecule has 96 valence electrons. The van der Waals surface area contributed by atoms with Gasteiger partial charge in [0.1, 0.15) is 18.2 Å². The van der Waals surface area contributed by atoms with Gasteiger partial charge in [-0.15, -0.1) is 0 Å². The Morgan fingerprint density at radius 1 is 1.11 bits per heavy atom. The number of aryl methyl sites for hydroxylation is 1. The monoisotopic (exact) mass is 272 g/mol. The van der Waals surface area contributed by atoms with E-state index in [4.69, 9.17) is 16.3 Å². The quantitative estimate of drug-likeness (QED) is 0.725. The van der Waals surface area contributed by atoms with Gasteiger partial charge in [0, 0.05) is 12.1 Å². The maximum atomic E-state index is 5.84. The van der Waals surface area contributed by atoms with E-state index < -0.39 is 0 Å². The molecule has 0 unspecified atom stereocenters. The predicted octanol–water partition coefficient (Wildman–Crippen LogP) is 3.81. The number of halogens is 1. The van der Waals surface area contributed by atoms with Gasteiger partial charge < -0.3 is 9.30 Å². The average Bonchev–Trinajstić information content (AvgIpc) is 2.76. The van der Waals surface area contributed by atoms with Gasteiger partial charge in [-0.1, -0.05) is 23.7 Å². The van der Waals surface area contributed by atoms with Crippen LogP contribution >= 0.6 is 11.6 Å². The minimum absolute atomic E-state index is 0.437. The molecule has 0 aliphatic rings. The molecule has 3 aromatic rings. The van der Waals surface area contributed by atoms with Crippen molar-refractivity contribution in [2.75, 3.05) is 0 Å². The molecule has 0 amide bonds. The van der Waals surface area contributed by atoms with Crippen LogP contribution in [-0.4, -0.2) is 9.55 Å². The lowest BCUT2D eigenvalue weighted by atomic mass is 10.3. The van der Waals surface area contributed by atoms with Gasteiger partial charge in [-0.2, -0.15) is 0 Å². The standard InChI is InChI=1S/C15H13ClN2O/c1-18-14-5-3-2-4-13(14)17-15(18)10-19-12-8-6-11(16)7-9-12/h2-9H,10H2,1H3. The van der Waals surface area contributed by atoms with Gasteiger partial charge in [0.2, 0.25) is 0 Å². The van der Waals surface area contributed by atoms with Crippen molar-refractivity contribution in [1.82, 2.24) is 9.55 Å². The van der Waals surface area contributed by atoms with Crippen molar-refractivity contribution in [3.8, 4) is 5.75 Å². The fraction of sp³-hybridized carbons (Fsp3) is 0.133. The van der Waals surface area contributed by atoms with E-state index in [0.717, 1.165) is 22.6 Å². The van der Waals surface area contributed by atoms with Crippen LogP contribution in [0.15, 0.2) is 48.5 Å². The second-order valence-corrected chi connectivity index (χ2v) is 4.75. The first-order valence-electron chi connectivity index (χ1n) is 6.03. The number of hydrogen-bond acceptors (Lipinski definition) is 2. The van der Waals surface area contributed by atoms with Gasteiger partial charge in [-0.25, -0.2) is 4.98 Å². The van der Waals surface area contributed by atoms with Crippen LogP contribution in [0.1, 0.15) is 5.82 Å². The third kappa shape index (κ3) is 2.42. The first-order chi connectivity index (χ1) is 9.24. The lowest BCUT2D eigenvalue weighted by molar-refractivity contribution is 0.292. The highest BCUT2D eigenvalue weighted by atomic mass is 35.5. The second kappa shape index (κ2) is 4.94. The molecule has 1 heterocycles. The summed E-state index contributed by atoms with van der Waals surface area (Å²) >= 11 is 5.84. The molecule has 0 radical (unpaired) electrons. The zero-order valence-electron chi connectivity index (χ0n) is 10.5. The number of ether oxygens (including phenoxy) is 1. The molecule has 19 heavy (non-hydrogen) atoms. The highest BCUT2D eigenvalue weighted by Gasteiger charge is 2.07. The van der Waals surface area contributed by atoms with Gasteiger partial charge >= 0.3 is 0 Å². The van der Waals surface area contributed by atoms with Crippen molar-refractivity contribution in [3.05, 3.63) is 59.4 Å². The number of rotatable bonds is 3. The van der Waals surface area contributed by atoms with Crippen LogP contribution in [0.25, 0.3) is 11.0 Å². The summed E-state index contributed by atoms with van der Waals surface area (Å²) in [5.74, 6) is 1.69. The summed E-state index contributed by atoms with van der Waals surface area (Å²) in [5, 5.41) is 0.704. The molecular weight excluding hydrogens is 260 g/mol. The number of nitrogens with zero attached hydrogens (tertiary/aromatic N) is 2. The lowest BCUT2D eigenvalue weighted by Crippen LogP contribution is -2.03. The van der Waals surface area contributed by atoms with Crippen molar-refractivity contribution in [1.29, 1.82) is 0 Å². The summed E-state index contributed by atoms with van der Waals surface area (Å²) in [6.45, 7) is 0.437. The fourth-order valence-corrected chi connectivity index (χ4v) is 2.13. The van der Waals surface area contributed by atoms with Gasteiger partial charge in [0.15, 0.2) is 0 Å². The van der Waals surface area contributed by atoms with E-state index in [1.165, 1.54) is 0 Å². The van der Waals surface area contributed by atoms with Crippen LogP contribution in [0, 0.1) is 0 Å². The van der Waals surface area contributed by atoms with E-state index in [9.17, 15) is 0 Å². The SMILES string of the molecule is Cn1c(COc2ccc(Cl)cc2)nc2ccccc21. The highest BCUT2D eigenvalue weighted by molar-refractivity contribution is 6.30. The van der Waals surface area contributed by atoms with Crippen molar-refractivity contribution in [2.45, 2.75) is 6.61 Å². The maximum Gasteiger partial charge on any atom is 0.147 e. The Balaban J connectivity index is 1.82. The molecule has 2 aromatic carbocycles. The summed E-state index contributed by atoms with van der Waals surface area (Å²) in [6.07, 6.45) is 0. The number of fused-ring (bicyclic) bond motifs is 1. The van der Waals surface area contributed by atoms with Crippen LogP contribution in [0.5, 0.6) is 5.75 Å². The number of para-hydroxylation sites is 2. The molecule has 0 fully saturated rings. The molecule has 0 N–H and O–H groups in total. The predicted molar refractivity (Wildman–Crippen MR) is 76.5 cm³/mol. The third-order valence-corrected chi connectivity index (χ3v) is 3.31. The van der Waals surface area contributed by atoms with Crippen LogP contribution in [0.3, 0.4) is 0 Å². The Kier molecular flexibility index (Phi) is 3.13. The second-order valence-electron chi connectivity index (χ2n) is 4.32. The number of benzene rings is 2. The molecule has 4 heteroatoms. The number of hydrogen-bond donors (Lipinski definition) is 0. The van der Waals surface area contributed by atoms with Crippen LogP contribution < -0.4 is 4.74 Å². The normalized spacial score (nSPS) is 10.8. The molecule has 0 aliphatic heterocycles. The zero-order chi connectivity index (χ0) is 13.2. The summed E-state index contributed by atoms with van der Waals surface area (Å²) in [5.41, 5.74) is 2.09.